The predicted molar refractivity (Wildman–Crippen MR) is 109 cm³/mol. The highest BCUT2D eigenvalue weighted by Gasteiger charge is 2.55. The summed E-state index contributed by atoms with van der Waals surface area (Å²) < 4.78 is 44.6. The number of terminal acetylenes is 1. The Bertz CT molecular complexity index is 1370. The van der Waals surface area contributed by atoms with E-state index in [0.29, 0.717) is 17.0 Å². The maximum absolute atomic E-state index is 15.1. The summed E-state index contributed by atoms with van der Waals surface area (Å²) in [6.07, 6.45) is 5.27. The molecular weight excluding hydrogens is 449 g/mol. The minimum absolute atomic E-state index is 0.281. The van der Waals surface area contributed by atoms with Gasteiger partial charge in [0.2, 0.25) is 5.72 Å². The highest BCUT2D eigenvalue weighted by atomic mass is 35.5. The summed E-state index contributed by atoms with van der Waals surface area (Å²) in [7, 11) is 0. The average Bonchev–Trinajstić information content (AvgIpc) is 3.00. The first-order chi connectivity index (χ1) is 15.1. The van der Waals surface area contributed by atoms with E-state index in [9.17, 15) is 28.8 Å². The Kier molecular flexibility index (Phi) is 4.92. The molecule has 0 aliphatic carbocycles. The monoisotopic (exact) mass is 458 g/mol. The normalized spacial score (nSPS) is 17.2. The number of anilines is 1. The third-order valence-corrected chi connectivity index (χ3v) is 5.43. The minimum Gasteiger partial charge on any atom is -0.363 e. The van der Waals surface area contributed by atoms with Gasteiger partial charge in [-0.2, -0.15) is 0 Å². The fourth-order valence-electron chi connectivity index (χ4n) is 3.70. The van der Waals surface area contributed by atoms with Gasteiger partial charge in [0.05, 0.1) is 27.3 Å². The van der Waals surface area contributed by atoms with Crippen molar-refractivity contribution in [3.8, 4) is 12.3 Å². The molecule has 1 unspecified atom stereocenters. The molecule has 1 aliphatic heterocycles. The number of hydrogen-bond acceptors (Lipinski definition) is 4. The smallest absolute Gasteiger partial charge is 0.288 e. The van der Waals surface area contributed by atoms with Crippen molar-refractivity contribution in [1.29, 1.82) is 0 Å². The van der Waals surface area contributed by atoms with Gasteiger partial charge >= 0.3 is 0 Å². The van der Waals surface area contributed by atoms with Crippen molar-refractivity contribution >= 4 is 28.9 Å². The quantitative estimate of drug-likeness (QED) is 0.356. The Labute approximate surface area is 183 Å². The van der Waals surface area contributed by atoms with Gasteiger partial charge < -0.3 is 5.11 Å². The van der Waals surface area contributed by atoms with E-state index < -0.39 is 62.1 Å². The molecule has 0 spiro atoms. The highest BCUT2D eigenvalue weighted by molar-refractivity contribution is 6.32. The maximum atomic E-state index is 15.1. The van der Waals surface area contributed by atoms with Crippen molar-refractivity contribution < 1.29 is 28.0 Å². The predicted octanol–water partition coefficient (Wildman–Crippen LogP) is 4.50. The van der Waals surface area contributed by atoms with E-state index in [2.05, 4.69) is 5.92 Å². The number of amides is 1. The van der Waals surface area contributed by atoms with Crippen molar-refractivity contribution in [3.63, 3.8) is 0 Å². The second kappa shape index (κ2) is 7.37. The molecular formula is C22H10ClF3N2O4. The van der Waals surface area contributed by atoms with Gasteiger partial charge in [0, 0.05) is 11.6 Å². The van der Waals surface area contributed by atoms with Crippen LogP contribution in [-0.4, -0.2) is 15.9 Å². The SMILES string of the molecule is C#Cc1cccc(N2C(=O)c3c(F)ccc(F)c3C2(O)c2ccc(Cl)c([N+](=O)[O-])c2)c1F. The van der Waals surface area contributed by atoms with Gasteiger partial charge in [-0.15, -0.1) is 6.42 Å². The Morgan fingerprint density at radius 1 is 1.12 bits per heavy atom. The highest BCUT2D eigenvalue weighted by Crippen LogP contribution is 2.48. The van der Waals surface area contributed by atoms with E-state index >= 15 is 4.39 Å². The summed E-state index contributed by atoms with van der Waals surface area (Å²) in [4.78, 5) is 24.1. The number of hydrogen-bond donors (Lipinski definition) is 1. The van der Waals surface area contributed by atoms with Crippen molar-refractivity contribution in [2.45, 2.75) is 5.72 Å². The van der Waals surface area contributed by atoms with Crippen molar-refractivity contribution in [3.05, 3.63) is 103 Å². The van der Waals surface area contributed by atoms with E-state index in [4.69, 9.17) is 18.0 Å². The van der Waals surface area contributed by atoms with Gasteiger partial charge in [-0.25, -0.2) is 13.2 Å². The number of halogens is 4. The fourth-order valence-corrected chi connectivity index (χ4v) is 3.89. The van der Waals surface area contributed by atoms with Crippen molar-refractivity contribution in [1.82, 2.24) is 0 Å². The summed E-state index contributed by atoms with van der Waals surface area (Å²) in [6, 6.07) is 7.84. The zero-order chi connectivity index (χ0) is 23.4. The van der Waals surface area contributed by atoms with Gasteiger partial charge in [0.25, 0.3) is 11.6 Å². The summed E-state index contributed by atoms with van der Waals surface area (Å²) in [5.41, 5.74) is -6.50. The first-order valence-electron chi connectivity index (χ1n) is 8.87. The van der Waals surface area contributed by atoms with Crippen LogP contribution in [0.15, 0.2) is 48.5 Å². The number of nitrogens with zero attached hydrogens (tertiary/aromatic N) is 2. The molecule has 0 bridgehead atoms. The van der Waals surface area contributed by atoms with E-state index in [0.717, 1.165) is 24.3 Å². The van der Waals surface area contributed by atoms with Gasteiger partial charge in [0.1, 0.15) is 16.7 Å². The molecule has 6 nitrogen and oxygen atoms in total. The number of fused-ring (bicyclic) bond motifs is 1. The topological polar surface area (TPSA) is 83.7 Å². The summed E-state index contributed by atoms with van der Waals surface area (Å²) in [5.74, 6) is -2.68. The molecule has 10 heteroatoms. The lowest BCUT2D eigenvalue weighted by molar-refractivity contribution is -0.384. The first kappa shape index (κ1) is 21.4. The number of nitro groups is 1. The fraction of sp³-hybridized carbons (Fsp3) is 0.0455. The number of carbonyl (C=O) groups is 1. The van der Waals surface area contributed by atoms with Crippen LogP contribution in [0.2, 0.25) is 5.02 Å². The Hall–Kier alpha value is -3.87. The molecule has 1 N–H and O–H groups in total. The van der Waals surface area contributed by atoms with Gasteiger partial charge in [-0.3, -0.25) is 19.8 Å². The van der Waals surface area contributed by atoms with E-state index in [1.54, 1.807) is 0 Å². The standard InChI is InChI=1S/C22H10ClF3N2O4/c1-2-11-4-3-5-16(20(11)26)27-21(29)18-14(24)8-9-15(25)19(18)22(27,30)12-6-7-13(23)17(10-12)28(31)32/h1,3-10,30H. The van der Waals surface area contributed by atoms with Crippen LogP contribution < -0.4 is 4.90 Å². The molecule has 0 fully saturated rings. The van der Waals surface area contributed by atoms with Crippen LogP contribution in [0.25, 0.3) is 0 Å². The minimum atomic E-state index is -2.86. The third kappa shape index (κ3) is 2.85. The van der Waals surface area contributed by atoms with Crippen LogP contribution in [0.4, 0.5) is 24.5 Å². The molecule has 1 heterocycles. The number of nitro benzene ring substituents is 1. The zero-order valence-corrected chi connectivity index (χ0v) is 16.5. The Balaban J connectivity index is 2.12. The average molecular weight is 459 g/mol. The number of carbonyl (C=O) groups excluding carboxylic acids is 1. The molecule has 1 aliphatic rings. The molecule has 0 saturated carbocycles. The lowest BCUT2D eigenvalue weighted by Crippen LogP contribution is -2.46. The third-order valence-electron chi connectivity index (χ3n) is 5.11. The Morgan fingerprint density at radius 2 is 1.81 bits per heavy atom. The van der Waals surface area contributed by atoms with Gasteiger partial charge in [-0.05, 0) is 30.3 Å². The zero-order valence-electron chi connectivity index (χ0n) is 15.8. The van der Waals surface area contributed by atoms with Gasteiger partial charge in [0.15, 0.2) is 5.82 Å². The van der Waals surface area contributed by atoms with Crippen LogP contribution in [0, 0.1) is 39.9 Å². The van der Waals surface area contributed by atoms with Crippen LogP contribution >= 0.6 is 11.6 Å². The van der Waals surface area contributed by atoms with Crippen LogP contribution in [-0.2, 0) is 5.72 Å². The number of rotatable bonds is 3. The van der Waals surface area contributed by atoms with E-state index in [1.165, 1.54) is 12.1 Å². The second-order valence-electron chi connectivity index (χ2n) is 6.80. The molecule has 0 radical (unpaired) electrons. The molecule has 3 aromatic rings. The van der Waals surface area contributed by atoms with E-state index in [-0.39, 0.29) is 10.6 Å². The molecule has 1 atom stereocenters. The first-order valence-corrected chi connectivity index (χ1v) is 9.25. The lowest BCUT2D eigenvalue weighted by Gasteiger charge is -2.35. The largest absolute Gasteiger partial charge is 0.363 e. The van der Waals surface area contributed by atoms with Crippen LogP contribution in [0.5, 0.6) is 0 Å². The van der Waals surface area contributed by atoms with E-state index in [1.807, 2.05) is 0 Å². The molecule has 32 heavy (non-hydrogen) atoms. The molecule has 1 amide bonds. The molecule has 0 saturated heterocycles. The lowest BCUT2D eigenvalue weighted by atomic mass is 9.92. The van der Waals surface area contributed by atoms with Crippen molar-refractivity contribution in [2.24, 2.45) is 0 Å². The summed E-state index contributed by atoms with van der Waals surface area (Å²) in [5, 5.41) is 22.8. The number of aliphatic hydroxyl groups is 1. The molecule has 3 aromatic carbocycles. The van der Waals surface area contributed by atoms with Gasteiger partial charge in [-0.1, -0.05) is 29.7 Å². The molecule has 0 aromatic heterocycles. The van der Waals surface area contributed by atoms with Crippen LogP contribution in [0.3, 0.4) is 0 Å². The summed E-state index contributed by atoms with van der Waals surface area (Å²) >= 11 is 5.83. The maximum Gasteiger partial charge on any atom is 0.288 e. The van der Waals surface area contributed by atoms with Crippen molar-refractivity contribution in [2.75, 3.05) is 4.90 Å². The molecule has 160 valence electrons. The number of benzene rings is 3. The summed E-state index contributed by atoms with van der Waals surface area (Å²) in [6.45, 7) is 0. The second-order valence-corrected chi connectivity index (χ2v) is 7.21. The Morgan fingerprint density at radius 3 is 2.47 bits per heavy atom. The molecule has 4 rings (SSSR count). The van der Waals surface area contributed by atoms with Crippen LogP contribution in [0.1, 0.15) is 27.0 Å².